The fourth-order valence-corrected chi connectivity index (χ4v) is 2.09. The molecule has 0 saturated heterocycles. The van der Waals surface area contributed by atoms with Crippen LogP contribution in [0.3, 0.4) is 0 Å². The molecule has 6 heteroatoms. The number of benzene rings is 1. The molecule has 2 rings (SSSR count). The number of likely N-dealkylation sites (N-methyl/N-ethyl adjacent to an activating group) is 1. The maximum atomic E-state index is 11.5. The number of aliphatic hydroxyl groups excluding tert-OH is 1. The lowest BCUT2D eigenvalue weighted by Gasteiger charge is -2.10. The summed E-state index contributed by atoms with van der Waals surface area (Å²) in [5, 5.41) is 9.53. The molecule has 0 amide bonds. The molecule has 6 nitrogen and oxygen atoms in total. The van der Waals surface area contributed by atoms with Crippen LogP contribution in [-0.4, -0.2) is 55.0 Å². The lowest BCUT2D eigenvalue weighted by atomic mass is 10.1. The zero-order chi connectivity index (χ0) is 15.2. The molecule has 0 aliphatic heterocycles. The number of aromatic amines is 1. The van der Waals surface area contributed by atoms with Crippen molar-refractivity contribution in [3.8, 4) is 5.75 Å². The van der Waals surface area contributed by atoms with Gasteiger partial charge in [-0.25, -0.2) is 4.79 Å². The first-order chi connectivity index (χ1) is 10.1. The third kappa shape index (κ3) is 3.96. The van der Waals surface area contributed by atoms with Crippen LogP contribution in [0, 0.1) is 0 Å². The summed E-state index contributed by atoms with van der Waals surface area (Å²) in [5.74, 6) is 0.463. The van der Waals surface area contributed by atoms with Crippen molar-refractivity contribution in [1.29, 1.82) is 0 Å². The Labute approximate surface area is 123 Å². The van der Waals surface area contributed by atoms with Crippen LogP contribution in [0.25, 0.3) is 10.9 Å². The van der Waals surface area contributed by atoms with Gasteiger partial charge in [0.15, 0.2) is 0 Å². The Balaban J connectivity index is 2.22. The quantitative estimate of drug-likeness (QED) is 0.627. The van der Waals surface area contributed by atoms with Gasteiger partial charge >= 0.3 is 6.16 Å². The van der Waals surface area contributed by atoms with Gasteiger partial charge in [0.2, 0.25) is 0 Å². The summed E-state index contributed by atoms with van der Waals surface area (Å²) < 4.78 is 9.96. The van der Waals surface area contributed by atoms with Gasteiger partial charge in [-0.1, -0.05) is 6.07 Å². The van der Waals surface area contributed by atoms with E-state index in [4.69, 9.17) is 14.6 Å². The molecule has 0 radical (unpaired) electrons. The van der Waals surface area contributed by atoms with Crippen molar-refractivity contribution >= 4 is 17.1 Å². The fourth-order valence-electron chi connectivity index (χ4n) is 2.09. The minimum atomic E-state index is -0.809. The predicted octanol–water partition coefficient (Wildman–Crippen LogP) is 1.78. The van der Waals surface area contributed by atoms with Gasteiger partial charge in [-0.3, -0.25) is 0 Å². The summed E-state index contributed by atoms with van der Waals surface area (Å²) in [6.45, 7) is 0.600. The van der Waals surface area contributed by atoms with Gasteiger partial charge in [0.05, 0.1) is 6.61 Å². The van der Waals surface area contributed by atoms with Crippen molar-refractivity contribution in [2.75, 3.05) is 33.9 Å². The highest BCUT2D eigenvalue weighted by atomic mass is 16.7. The van der Waals surface area contributed by atoms with Crippen molar-refractivity contribution < 1.29 is 19.4 Å². The van der Waals surface area contributed by atoms with E-state index in [2.05, 4.69) is 9.88 Å². The molecular weight excluding hydrogens is 272 g/mol. The highest BCUT2D eigenvalue weighted by Crippen LogP contribution is 2.29. The Morgan fingerprint density at radius 1 is 1.38 bits per heavy atom. The molecule has 1 aromatic carbocycles. The predicted molar refractivity (Wildman–Crippen MR) is 79.6 cm³/mol. The van der Waals surface area contributed by atoms with Crippen LogP contribution in [0.2, 0.25) is 0 Å². The van der Waals surface area contributed by atoms with Gasteiger partial charge in [-0.2, -0.15) is 0 Å². The molecule has 0 fully saturated rings. The second-order valence-corrected chi connectivity index (χ2v) is 4.97. The first-order valence-corrected chi connectivity index (χ1v) is 6.81. The van der Waals surface area contributed by atoms with Crippen molar-refractivity contribution in [2.24, 2.45) is 0 Å². The number of carbonyl (C=O) groups is 1. The monoisotopic (exact) mass is 292 g/mol. The molecule has 0 atom stereocenters. The molecule has 0 bridgehead atoms. The maximum absolute atomic E-state index is 11.5. The number of H-pyrrole nitrogens is 1. The second kappa shape index (κ2) is 7.10. The Morgan fingerprint density at radius 2 is 2.19 bits per heavy atom. The van der Waals surface area contributed by atoms with Crippen LogP contribution in [-0.2, 0) is 11.2 Å². The molecule has 0 spiro atoms. The van der Waals surface area contributed by atoms with Gasteiger partial charge in [0.1, 0.15) is 12.4 Å². The minimum Gasteiger partial charge on any atom is -0.432 e. The Bertz CT molecular complexity index is 607. The van der Waals surface area contributed by atoms with E-state index in [-0.39, 0.29) is 13.2 Å². The normalized spacial score (nSPS) is 11.0. The van der Waals surface area contributed by atoms with E-state index >= 15 is 0 Å². The summed E-state index contributed by atoms with van der Waals surface area (Å²) in [4.78, 5) is 16.8. The fraction of sp³-hybridized carbons (Fsp3) is 0.400. The van der Waals surface area contributed by atoms with E-state index in [1.54, 1.807) is 6.07 Å². The zero-order valence-electron chi connectivity index (χ0n) is 12.3. The van der Waals surface area contributed by atoms with E-state index in [1.807, 2.05) is 32.4 Å². The van der Waals surface area contributed by atoms with Crippen molar-refractivity contribution in [3.63, 3.8) is 0 Å². The van der Waals surface area contributed by atoms with Gasteiger partial charge in [0, 0.05) is 23.6 Å². The van der Waals surface area contributed by atoms with Gasteiger partial charge in [0.25, 0.3) is 0 Å². The van der Waals surface area contributed by atoms with E-state index in [0.717, 1.165) is 29.4 Å². The summed E-state index contributed by atoms with van der Waals surface area (Å²) in [6, 6.07) is 5.47. The first-order valence-electron chi connectivity index (χ1n) is 6.81. The molecule has 2 N–H and O–H groups in total. The third-order valence-electron chi connectivity index (χ3n) is 3.08. The highest BCUT2D eigenvalue weighted by molar-refractivity contribution is 5.90. The standard InChI is InChI=1S/C15H20N2O4/c1-17(2)7-6-11-10-16-12-4-3-5-13(14(11)12)21-15(19)20-9-8-18/h3-5,10,16,18H,6-9H2,1-2H3. The number of carbonyl (C=O) groups excluding carboxylic acids is 1. The summed E-state index contributed by atoms with van der Waals surface area (Å²) in [5.41, 5.74) is 2.00. The number of nitrogens with zero attached hydrogens (tertiary/aromatic N) is 1. The van der Waals surface area contributed by atoms with Gasteiger partial charge in [-0.05, 0) is 38.2 Å². The van der Waals surface area contributed by atoms with Crippen molar-refractivity contribution in [3.05, 3.63) is 30.0 Å². The van der Waals surface area contributed by atoms with Crippen LogP contribution in [0.1, 0.15) is 5.56 Å². The van der Waals surface area contributed by atoms with E-state index in [1.165, 1.54) is 0 Å². The number of hydrogen-bond acceptors (Lipinski definition) is 5. The SMILES string of the molecule is CN(C)CCc1c[nH]c2cccc(OC(=O)OCCO)c12. The average Bonchev–Trinajstić information content (AvgIpc) is 2.87. The molecule has 1 heterocycles. The molecule has 114 valence electrons. The largest absolute Gasteiger partial charge is 0.513 e. The molecule has 1 aromatic heterocycles. The Morgan fingerprint density at radius 3 is 2.90 bits per heavy atom. The third-order valence-corrected chi connectivity index (χ3v) is 3.08. The zero-order valence-corrected chi connectivity index (χ0v) is 12.3. The summed E-state index contributed by atoms with van der Waals surface area (Å²) in [7, 11) is 4.02. The number of fused-ring (bicyclic) bond motifs is 1. The van der Waals surface area contributed by atoms with Crippen LogP contribution < -0.4 is 4.74 Å². The molecule has 2 aromatic rings. The smallest absolute Gasteiger partial charge is 0.432 e. The number of rotatable bonds is 6. The van der Waals surface area contributed by atoms with E-state index in [9.17, 15) is 4.79 Å². The molecular formula is C15H20N2O4. The first kappa shape index (κ1) is 15.3. The topological polar surface area (TPSA) is 74.8 Å². The Kier molecular flexibility index (Phi) is 5.19. The van der Waals surface area contributed by atoms with E-state index in [0.29, 0.717) is 5.75 Å². The molecule has 0 aliphatic rings. The molecule has 21 heavy (non-hydrogen) atoms. The van der Waals surface area contributed by atoms with Crippen LogP contribution in [0.4, 0.5) is 4.79 Å². The molecule has 0 aliphatic carbocycles. The lowest BCUT2D eigenvalue weighted by molar-refractivity contribution is 0.0811. The van der Waals surface area contributed by atoms with Crippen molar-refractivity contribution in [2.45, 2.75) is 6.42 Å². The minimum absolute atomic E-state index is 0.0740. The average molecular weight is 292 g/mol. The van der Waals surface area contributed by atoms with Crippen LogP contribution in [0.5, 0.6) is 5.75 Å². The number of aromatic nitrogens is 1. The second-order valence-electron chi connectivity index (χ2n) is 4.97. The maximum Gasteiger partial charge on any atom is 0.513 e. The number of ether oxygens (including phenoxy) is 2. The number of aliphatic hydroxyl groups is 1. The summed E-state index contributed by atoms with van der Waals surface area (Å²) >= 11 is 0. The molecule has 0 unspecified atom stereocenters. The van der Waals surface area contributed by atoms with Gasteiger partial charge < -0.3 is 24.5 Å². The Hall–Kier alpha value is -2.05. The van der Waals surface area contributed by atoms with Crippen LogP contribution in [0.15, 0.2) is 24.4 Å². The van der Waals surface area contributed by atoms with Gasteiger partial charge in [-0.15, -0.1) is 0 Å². The number of hydrogen-bond donors (Lipinski definition) is 2. The lowest BCUT2D eigenvalue weighted by Crippen LogP contribution is -2.15. The van der Waals surface area contributed by atoms with Crippen molar-refractivity contribution in [1.82, 2.24) is 9.88 Å². The highest BCUT2D eigenvalue weighted by Gasteiger charge is 2.13. The van der Waals surface area contributed by atoms with E-state index < -0.39 is 6.16 Å². The molecule has 0 saturated carbocycles. The van der Waals surface area contributed by atoms with Crippen LogP contribution >= 0.6 is 0 Å². The summed E-state index contributed by atoms with van der Waals surface area (Å²) in [6.07, 6.45) is 1.97. The number of nitrogens with one attached hydrogen (secondary N) is 1.